The van der Waals surface area contributed by atoms with E-state index in [4.69, 9.17) is 32.5 Å². The molecule has 0 N–H and O–H groups in total. The fraction of sp³-hybridized carbons (Fsp3) is 0.200. The van der Waals surface area contributed by atoms with Gasteiger partial charge in [-0.15, -0.1) is 0 Å². The highest BCUT2D eigenvalue weighted by molar-refractivity contribution is 6.36. The maximum atomic E-state index is 11.2. The second kappa shape index (κ2) is 7.33. The quantitative estimate of drug-likeness (QED) is 0.461. The van der Waals surface area contributed by atoms with Crippen molar-refractivity contribution in [1.82, 2.24) is 0 Å². The summed E-state index contributed by atoms with van der Waals surface area (Å²) in [5, 5.41) is 5.01. The first-order valence-electron chi connectivity index (χ1n) is 6.30. The molecule has 0 bridgehead atoms. The van der Waals surface area contributed by atoms with Gasteiger partial charge in [-0.2, -0.15) is 0 Å². The zero-order valence-corrected chi connectivity index (χ0v) is 13.4. The third-order valence-corrected chi connectivity index (χ3v) is 3.33. The van der Waals surface area contributed by atoms with Crippen LogP contribution in [0, 0.1) is 0 Å². The monoisotopic (exact) mass is 341 g/mol. The van der Waals surface area contributed by atoms with E-state index in [0.717, 1.165) is 5.56 Å². The second-order valence-corrected chi connectivity index (χ2v) is 5.18. The summed E-state index contributed by atoms with van der Waals surface area (Å²) in [6.45, 7) is 1.84. The van der Waals surface area contributed by atoms with Crippen molar-refractivity contribution in [3.05, 3.63) is 57.5 Å². The maximum absolute atomic E-state index is 11.2. The molecule has 7 heteroatoms. The summed E-state index contributed by atoms with van der Waals surface area (Å²) in [5.74, 6) is 0.0283. The molecule has 22 heavy (non-hydrogen) atoms. The first-order chi connectivity index (χ1) is 10.5. The van der Waals surface area contributed by atoms with Crippen molar-refractivity contribution in [2.75, 3.05) is 7.11 Å². The van der Waals surface area contributed by atoms with Crippen LogP contribution in [0.2, 0.25) is 10.0 Å². The van der Waals surface area contributed by atoms with Gasteiger partial charge < -0.3 is 14.0 Å². The number of oxime groups is 1. The van der Waals surface area contributed by atoms with Crippen LogP contribution in [0.5, 0.6) is 0 Å². The summed E-state index contributed by atoms with van der Waals surface area (Å²) in [4.78, 5) is 16.4. The van der Waals surface area contributed by atoms with Crippen LogP contribution in [0.15, 0.2) is 39.9 Å². The highest BCUT2D eigenvalue weighted by Gasteiger charge is 2.11. The minimum Gasteiger partial charge on any atom is -0.463 e. The van der Waals surface area contributed by atoms with Crippen LogP contribution in [0.25, 0.3) is 0 Å². The molecular formula is C15H13Cl2NO4. The number of methoxy groups -OCH3 is 1. The van der Waals surface area contributed by atoms with Crippen molar-refractivity contribution in [3.8, 4) is 0 Å². The summed E-state index contributed by atoms with van der Waals surface area (Å²) < 4.78 is 9.80. The normalized spacial score (nSPS) is 11.4. The molecule has 1 heterocycles. The van der Waals surface area contributed by atoms with E-state index >= 15 is 0 Å². The van der Waals surface area contributed by atoms with Crippen LogP contribution >= 0.6 is 23.2 Å². The number of esters is 1. The van der Waals surface area contributed by atoms with E-state index in [1.165, 1.54) is 13.2 Å². The van der Waals surface area contributed by atoms with Crippen LogP contribution in [0.1, 0.15) is 28.8 Å². The third kappa shape index (κ3) is 4.02. The lowest BCUT2D eigenvalue weighted by Crippen LogP contribution is -1.99. The Morgan fingerprint density at radius 1 is 1.27 bits per heavy atom. The molecule has 0 aliphatic heterocycles. The van der Waals surface area contributed by atoms with E-state index in [9.17, 15) is 4.79 Å². The predicted molar refractivity (Wildman–Crippen MR) is 83.5 cm³/mol. The molecule has 0 fully saturated rings. The smallest absolute Gasteiger partial charge is 0.373 e. The molecule has 1 aromatic heterocycles. The van der Waals surface area contributed by atoms with Crippen LogP contribution in [0.4, 0.5) is 0 Å². The molecule has 116 valence electrons. The van der Waals surface area contributed by atoms with Gasteiger partial charge in [0.15, 0.2) is 6.61 Å². The summed E-state index contributed by atoms with van der Waals surface area (Å²) >= 11 is 11.9. The number of furan rings is 1. The van der Waals surface area contributed by atoms with Gasteiger partial charge in [-0.05, 0) is 31.2 Å². The van der Waals surface area contributed by atoms with E-state index in [1.54, 1.807) is 31.2 Å². The minimum absolute atomic E-state index is 0.0829. The molecule has 2 aromatic rings. The summed E-state index contributed by atoms with van der Waals surface area (Å²) in [6.07, 6.45) is 0. The number of ether oxygens (including phenoxy) is 1. The molecule has 5 nitrogen and oxygen atoms in total. The Morgan fingerprint density at radius 2 is 2.05 bits per heavy atom. The van der Waals surface area contributed by atoms with Crippen LogP contribution in [-0.2, 0) is 16.2 Å². The first-order valence-corrected chi connectivity index (χ1v) is 7.06. The number of rotatable bonds is 5. The van der Waals surface area contributed by atoms with Gasteiger partial charge in [0.05, 0.1) is 17.8 Å². The Bertz CT molecular complexity index is 709. The summed E-state index contributed by atoms with van der Waals surface area (Å²) in [5.41, 5.74) is 1.32. The lowest BCUT2D eigenvalue weighted by molar-refractivity contribution is 0.0553. The van der Waals surface area contributed by atoms with Gasteiger partial charge in [-0.25, -0.2) is 4.79 Å². The SMILES string of the molecule is COC(=O)c1ccc(CO/N=C(/C)c2ccc(Cl)cc2Cl)o1. The average molecular weight is 342 g/mol. The number of hydrogen-bond donors (Lipinski definition) is 0. The van der Waals surface area contributed by atoms with Crippen molar-refractivity contribution >= 4 is 34.9 Å². The Kier molecular flexibility index (Phi) is 5.46. The molecule has 0 saturated carbocycles. The Labute approximate surface area is 137 Å². The van der Waals surface area contributed by atoms with E-state index < -0.39 is 5.97 Å². The van der Waals surface area contributed by atoms with Gasteiger partial charge in [0, 0.05) is 10.6 Å². The molecule has 0 saturated heterocycles. The Hall–Kier alpha value is -1.98. The van der Waals surface area contributed by atoms with Crippen LogP contribution < -0.4 is 0 Å². The lowest BCUT2D eigenvalue weighted by Gasteiger charge is -2.04. The van der Waals surface area contributed by atoms with Gasteiger partial charge in [-0.1, -0.05) is 34.4 Å². The molecule has 0 aliphatic carbocycles. The predicted octanol–water partition coefficient (Wildman–Crippen LogP) is 4.31. The first kappa shape index (κ1) is 16.4. The Morgan fingerprint density at radius 3 is 2.73 bits per heavy atom. The van der Waals surface area contributed by atoms with Gasteiger partial charge in [-0.3, -0.25) is 0 Å². The maximum Gasteiger partial charge on any atom is 0.373 e. The largest absolute Gasteiger partial charge is 0.463 e. The topological polar surface area (TPSA) is 61.0 Å². The summed E-state index contributed by atoms with van der Waals surface area (Å²) in [7, 11) is 1.28. The average Bonchev–Trinajstić information content (AvgIpc) is 2.95. The molecule has 1 aromatic carbocycles. The minimum atomic E-state index is -0.543. The van der Waals surface area contributed by atoms with E-state index in [1.807, 2.05) is 0 Å². The number of carbonyl (C=O) groups is 1. The highest BCUT2D eigenvalue weighted by Crippen LogP contribution is 2.21. The van der Waals surface area contributed by atoms with Gasteiger partial charge in [0.2, 0.25) is 5.76 Å². The van der Waals surface area contributed by atoms with Crippen molar-refractivity contribution in [3.63, 3.8) is 0 Å². The molecule has 0 spiro atoms. The lowest BCUT2D eigenvalue weighted by atomic mass is 10.1. The van der Waals surface area contributed by atoms with E-state index in [2.05, 4.69) is 9.89 Å². The standard InChI is InChI=1S/C15H13Cl2NO4/c1-9(12-5-3-10(16)7-13(12)17)18-21-8-11-4-6-14(22-11)15(19)20-2/h3-7H,8H2,1-2H3/b18-9-. The van der Waals surface area contributed by atoms with Crippen molar-refractivity contribution in [2.24, 2.45) is 5.16 Å². The van der Waals surface area contributed by atoms with Crippen molar-refractivity contribution < 1.29 is 18.8 Å². The van der Waals surface area contributed by atoms with E-state index in [0.29, 0.717) is 21.5 Å². The molecule has 0 radical (unpaired) electrons. The van der Waals surface area contributed by atoms with Crippen molar-refractivity contribution in [1.29, 1.82) is 0 Å². The number of benzene rings is 1. The zero-order chi connectivity index (χ0) is 16.1. The van der Waals surface area contributed by atoms with Gasteiger partial charge >= 0.3 is 5.97 Å². The molecule has 0 unspecified atom stereocenters. The fourth-order valence-electron chi connectivity index (χ4n) is 1.69. The van der Waals surface area contributed by atoms with E-state index in [-0.39, 0.29) is 12.4 Å². The molecule has 0 amide bonds. The van der Waals surface area contributed by atoms with Crippen LogP contribution in [0.3, 0.4) is 0 Å². The number of hydrogen-bond acceptors (Lipinski definition) is 5. The molecule has 0 atom stereocenters. The highest BCUT2D eigenvalue weighted by atomic mass is 35.5. The number of carbonyl (C=O) groups excluding carboxylic acids is 1. The fourth-order valence-corrected chi connectivity index (χ4v) is 2.24. The summed E-state index contributed by atoms with van der Waals surface area (Å²) in [6, 6.07) is 8.24. The van der Waals surface area contributed by atoms with Crippen LogP contribution in [-0.4, -0.2) is 18.8 Å². The third-order valence-electron chi connectivity index (χ3n) is 2.78. The van der Waals surface area contributed by atoms with Crippen molar-refractivity contribution in [2.45, 2.75) is 13.5 Å². The second-order valence-electron chi connectivity index (χ2n) is 4.33. The number of nitrogens with zero attached hydrogens (tertiary/aromatic N) is 1. The molecular weight excluding hydrogens is 329 g/mol. The van der Waals surface area contributed by atoms with Gasteiger partial charge in [0.25, 0.3) is 0 Å². The number of halogens is 2. The zero-order valence-electron chi connectivity index (χ0n) is 11.9. The van der Waals surface area contributed by atoms with Gasteiger partial charge in [0.1, 0.15) is 5.76 Å². The molecule has 0 aliphatic rings. The Balaban J connectivity index is 1.99. The molecule has 2 rings (SSSR count).